The molecule has 0 fully saturated rings. The zero-order chi connectivity index (χ0) is 9.65. The van der Waals surface area contributed by atoms with Crippen molar-refractivity contribution in [2.24, 2.45) is 0 Å². The monoisotopic (exact) mass is 336 g/mol. The third-order valence-corrected chi connectivity index (χ3v) is 0.567. The Bertz CT molecular complexity index is 224. The Morgan fingerprint density at radius 1 is 0.917 bits per heavy atom. The van der Waals surface area contributed by atoms with Crippen LogP contribution in [0.15, 0.2) is 0 Å². The molecule has 0 rings (SSSR count). The van der Waals surface area contributed by atoms with Crippen LogP contribution in [0.5, 0.6) is 0 Å². The summed E-state index contributed by atoms with van der Waals surface area (Å²) >= 11 is -3.36. The number of rotatable bonds is 0. The molecule has 0 aliphatic heterocycles. The third-order valence-electron chi connectivity index (χ3n) is 0.189. The van der Waals surface area contributed by atoms with Gasteiger partial charge in [-0.05, 0) is 0 Å². The minimum absolute atomic E-state index is 0. The van der Waals surface area contributed by atoms with E-state index in [1.54, 1.807) is 0 Å². The number of hydrogen-bond donors (Lipinski definition) is 0. The summed E-state index contributed by atoms with van der Waals surface area (Å²) in [6.45, 7) is 0. The van der Waals surface area contributed by atoms with Crippen molar-refractivity contribution < 1.29 is 33.9 Å². The van der Waals surface area contributed by atoms with Crippen LogP contribution in [0.1, 0.15) is 0 Å². The summed E-state index contributed by atoms with van der Waals surface area (Å²) in [5.41, 5.74) is -5.08. The Kier molecular flexibility index (Phi) is 12.2. The van der Waals surface area contributed by atoms with Crippen molar-refractivity contribution in [3.8, 4) is 0 Å². The van der Waals surface area contributed by atoms with Crippen molar-refractivity contribution in [1.82, 2.24) is 0 Å². The summed E-state index contributed by atoms with van der Waals surface area (Å²) < 4.78 is 76.1. The molecule has 0 aromatic carbocycles. The van der Waals surface area contributed by atoms with Crippen molar-refractivity contribution in [2.45, 2.75) is 5.51 Å². The molecule has 0 aromatic rings. The Morgan fingerprint density at radius 3 is 1.00 bits per heavy atom. The molecular weight excluding hydrogens is 335 g/mol. The Labute approximate surface area is 85.1 Å². The fraction of sp³-hybridized carbons (Fsp3) is 1.00. The zero-order valence-corrected chi connectivity index (χ0v) is 9.45. The van der Waals surface area contributed by atoms with Gasteiger partial charge in [0.1, 0.15) is 0 Å². The second-order valence-electron chi connectivity index (χ2n) is 0.874. The van der Waals surface area contributed by atoms with Crippen LogP contribution >= 0.6 is 0 Å². The summed E-state index contributed by atoms with van der Waals surface area (Å²) in [5.74, 6) is 0. The van der Waals surface area contributed by atoms with Crippen molar-refractivity contribution in [3.63, 3.8) is 0 Å². The van der Waals surface area contributed by atoms with E-state index in [9.17, 15) is 17.1 Å². The molecule has 0 N–H and O–H groups in total. The molecule has 0 spiro atoms. The van der Waals surface area contributed by atoms with E-state index >= 15 is 0 Å². The molecule has 0 aliphatic rings. The van der Waals surface area contributed by atoms with Crippen molar-refractivity contribution >= 4 is 45.7 Å². The standard InChI is InChI=1S/CF3O2S.FO2S.Sn/c2-1(3,4)7(5)6;1-4(2)3;/q2*-1;+2. The molecule has 0 atom stereocenters. The van der Waals surface area contributed by atoms with Gasteiger partial charge in [-0.2, -0.15) is 13.2 Å². The summed E-state index contributed by atoms with van der Waals surface area (Å²) in [5, 5.41) is 0. The van der Waals surface area contributed by atoms with Gasteiger partial charge < -0.3 is 20.7 Å². The first-order valence-electron chi connectivity index (χ1n) is 1.59. The van der Waals surface area contributed by atoms with Crippen LogP contribution in [0.2, 0.25) is 0 Å². The number of hydrogen-bond acceptors (Lipinski definition) is 6. The van der Waals surface area contributed by atoms with Crippen LogP contribution in [-0.2, 0) is 38.6 Å². The second-order valence-corrected chi connectivity index (χ2v) is 2.19. The predicted molar refractivity (Wildman–Crippen MR) is 30.4 cm³/mol. The molecule has 0 amide bonds. The molecular formula is CF4O4S2Sn. The number of halogens is 4. The van der Waals surface area contributed by atoms with Gasteiger partial charge in [-0.3, -0.25) is 0 Å². The van der Waals surface area contributed by atoms with Crippen LogP contribution in [0.4, 0.5) is 17.1 Å². The maximum Gasteiger partial charge on any atom is 2.00 e. The molecule has 0 heterocycles. The minimum atomic E-state index is -5.08. The minimum Gasteiger partial charge on any atom is -0.416 e. The molecule has 2 radical (unpaired) electrons. The molecule has 0 saturated heterocycles. The van der Waals surface area contributed by atoms with E-state index in [1.165, 1.54) is 0 Å². The molecule has 11 heteroatoms. The molecule has 0 saturated carbocycles. The average molecular weight is 335 g/mol. The zero-order valence-electron chi connectivity index (χ0n) is 4.96. The van der Waals surface area contributed by atoms with Crippen molar-refractivity contribution in [2.75, 3.05) is 0 Å². The topological polar surface area (TPSA) is 68.3 Å². The van der Waals surface area contributed by atoms with E-state index in [0.717, 1.165) is 0 Å². The summed E-state index contributed by atoms with van der Waals surface area (Å²) in [7, 11) is -3.93. The van der Waals surface area contributed by atoms with Crippen molar-refractivity contribution in [1.29, 1.82) is 0 Å². The van der Waals surface area contributed by atoms with Gasteiger partial charge in [0.05, 0.1) is 11.1 Å². The second kappa shape index (κ2) is 8.04. The average Bonchev–Trinajstić information content (AvgIpc) is 1.59. The van der Waals surface area contributed by atoms with E-state index < -0.39 is 27.3 Å². The van der Waals surface area contributed by atoms with Crippen LogP contribution in [-0.4, -0.2) is 29.4 Å². The molecule has 12 heavy (non-hydrogen) atoms. The molecule has 0 aromatic heterocycles. The predicted octanol–water partition coefficient (Wildman–Crippen LogP) is 0.615. The summed E-state index contributed by atoms with van der Waals surface area (Å²) in [4.78, 5) is 0. The van der Waals surface area contributed by atoms with E-state index in [1.807, 2.05) is 0 Å². The first kappa shape index (κ1) is 18.3. The van der Waals surface area contributed by atoms with Gasteiger partial charge in [-0.1, -0.05) is 0 Å². The Morgan fingerprint density at radius 2 is 1.00 bits per heavy atom. The fourth-order valence-electron chi connectivity index (χ4n) is 0. The van der Waals surface area contributed by atoms with E-state index in [0.29, 0.717) is 0 Å². The molecule has 4 nitrogen and oxygen atoms in total. The van der Waals surface area contributed by atoms with Crippen LogP contribution in [0.3, 0.4) is 0 Å². The molecule has 72 valence electrons. The van der Waals surface area contributed by atoms with Gasteiger partial charge in [-0.15, -0.1) is 0 Å². The summed E-state index contributed by atoms with van der Waals surface area (Å²) in [6.07, 6.45) is 0. The molecule has 0 aliphatic carbocycles. The van der Waals surface area contributed by atoms with Crippen LogP contribution in [0.25, 0.3) is 0 Å². The maximum absolute atomic E-state index is 10.6. The molecule has 0 bridgehead atoms. The normalized spacial score (nSPS) is 10.2. The van der Waals surface area contributed by atoms with E-state index in [2.05, 4.69) is 0 Å². The first-order chi connectivity index (χ1) is 4.68. The largest absolute Gasteiger partial charge is 2.00 e. The fourth-order valence-corrected chi connectivity index (χ4v) is 0. The molecule has 0 unspecified atom stereocenters. The van der Waals surface area contributed by atoms with Gasteiger partial charge in [0.15, 0.2) is 0 Å². The van der Waals surface area contributed by atoms with Crippen LogP contribution in [0, 0.1) is 0 Å². The quantitative estimate of drug-likeness (QED) is 0.282. The third kappa shape index (κ3) is 22.4. The van der Waals surface area contributed by atoms with E-state index in [-0.39, 0.29) is 23.9 Å². The first-order valence-corrected chi connectivity index (χ1v) is 3.64. The van der Waals surface area contributed by atoms with E-state index in [4.69, 9.17) is 16.8 Å². The van der Waals surface area contributed by atoms with Crippen LogP contribution < -0.4 is 0 Å². The smallest absolute Gasteiger partial charge is 0.416 e. The van der Waals surface area contributed by atoms with Gasteiger partial charge in [0.25, 0.3) is 0 Å². The van der Waals surface area contributed by atoms with Gasteiger partial charge in [-0.25, -0.2) is 0 Å². The maximum atomic E-state index is 10.6. The Hall–Kier alpha value is 0.419. The van der Waals surface area contributed by atoms with Gasteiger partial charge in [0.2, 0.25) is 0 Å². The summed E-state index contributed by atoms with van der Waals surface area (Å²) in [6, 6.07) is 0. The van der Waals surface area contributed by atoms with Gasteiger partial charge in [0, 0.05) is 10.7 Å². The SMILES string of the molecule is O=[S-](=O)C(F)(F)F.O=[S-](=O)F.[Sn+2]. The number of alkyl halides is 3. The van der Waals surface area contributed by atoms with Crippen molar-refractivity contribution in [3.05, 3.63) is 0 Å². The Balaban J connectivity index is -0.000000142. The van der Waals surface area contributed by atoms with Gasteiger partial charge >= 0.3 is 29.4 Å².